The van der Waals surface area contributed by atoms with Crippen LogP contribution in [0.2, 0.25) is 0 Å². The summed E-state index contributed by atoms with van der Waals surface area (Å²) in [7, 11) is 0. The molecule has 0 spiro atoms. The Morgan fingerprint density at radius 2 is 1.42 bits per heavy atom. The van der Waals surface area contributed by atoms with Crippen molar-refractivity contribution in [3.05, 3.63) is 94.2 Å². The molecular weight excluding hydrogens is 467 g/mol. The zero-order valence-corrected chi connectivity index (χ0v) is 25.0. The van der Waals surface area contributed by atoms with Crippen molar-refractivity contribution in [2.45, 2.75) is 93.7 Å². The summed E-state index contributed by atoms with van der Waals surface area (Å²) in [6, 6.07) is 19.0. The first kappa shape index (κ1) is 29.4. The third-order valence-electron chi connectivity index (χ3n) is 7.74. The summed E-state index contributed by atoms with van der Waals surface area (Å²) in [6.45, 7) is 20.6. The van der Waals surface area contributed by atoms with Crippen LogP contribution in [-0.2, 0) is 5.41 Å². The van der Waals surface area contributed by atoms with Gasteiger partial charge in [0.25, 0.3) is 0 Å². The summed E-state index contributed by atoms with van der Waals surface area (Å²) < 4.78 is 17.0. The van der Waals surface area contributed by atoms with Crippen molar-refractivity contribution in [3.63, 3.8) is 0 Å². The zero-order valence-electron chi connectivity index (χ0n) is 25.0. The highest BCUT2D eigenvalue weighted by molar-refractivity contribution is 5.72. The van der Waals surface area contributed by atoms with Gasteiger partial charge in [0.05, 0.1) is 11.4 Å². The van der Waals surface area contributed by atoms with Crippen molar-refractivity contribution in [2.75, 3.05) is 0 Å². The molecule has 3 aromatic carbocycles. The van der Waals surface area contributed by atoms with Crippen LogP contribution in [0.1, 0.15) is 80.8 Å². The smallest absolute Gasteiger partial charge is 0.145 e. The first-order valence-corrected chi connectivity index (χ1v) is 13.9. The molecule has 0 unspecified atom stereocenters. The summed E-state index contributed by atoms with van der Waals surface area (Å²) in [5.41, 5.74) is 10.5. The van der Waals surface area contributed by atoms with Crippen molar-refractivity contribution in [1.29, 1.82) is 0 Å². The van der Waals surface area contributed by atoms with E-state index in [4.69, 9.17) is 4.98 Å². The van der Waals surface area contributed by atoms with Gasteiger partial charge >= 0.3 is 0 Å². The minimum atomic E-state index is -1.00. The number of benzene rings is 3. The van der Waals surface area contributed by atoms with Crippen molar-refractivity contribution in [2.24, 2.45) is 0 Å². The number of hydrogen-bond donors (Lipinski definition) is 0. The van der Waals surface area contributed by atoms with E-state index in [2.05, 4.69) is 95.6 Å². The summed E-state index contributed by atoms with van der Waals surface area (Å²) in [5, 5.41) is 0. The fourth-order valence-corrected chi connectivity index (χ4v) is 4.79. The third kappa shape index (κ3) is 6.09. The molecule has 0 N–H and O–H groups in total. The highest BCUT2D eigenvalue weighted by Crippen LogP contribution is 2.39. The van der Waals surface area contributed by atoms with Crippen LogP contribution in [0.5, 0.6) is 0 Å². The fraction of sp³-hybridized carbons (Fsp3) is 0.400. The quantitative estimate of drug-likeness (QED) is 0.251. The molecule has 0 aliphatic heterocycles. The van der Waals surface area contributed by atoms with Crippen molar-refractivity contribution in [3.8, 4) is 28.3 Å². The Labute approximate surface area is 230 Å². The van der Waals surface area contributed by atoms with Gasteiger partial charge in [-0.1, -0.05) is 94.6 Å². The number of aryl methyl sites for hydroxylation is 5. The molecule has 0 aliphatic carbocycles. The lowest BCUT2D eigenvalue weighted by molar-refractivity contribution is 0.237. The highest BCUT2D eigenvalue weighted by Gasteiger charge is 2.32. The Kier molecular flexibility index (Phi) is 9.35. The second-order valence-electron chi connectivity index (χ2n) is 11.2. The van der Waals surface area contributed by atoms with Crippen LogP contribution in [0.4, 0.5) is 4.39 Å². The number of aromatic nitrogens is 2. The van der Waals surface area contributed by atoms with E-state index in [9.17, 15) is 4.39 Å². The molecule has 0 radical (unpaired) electrons. The van der Waals surface area contributed by atoms with Gasteiger partial charge in [0.1, 0.15) is 12.0 Å². The summed E-state index contributed by atoms with van der Waals surface area (Å²) in [4.78, 5) is 5.18. The van der Waals surface area contributed by atoms with Gasteiger partial charge < -0.3 is 0 Å². The number of imidazole rings is 1. The predicted octanol–water partition coefficient (Wildman–Crippen LogP) is 10.2. The minimum absolute atomic E-state index is 0.647. The summed E-state index contributed by atoms with van der Waals surface area (Å²) >= 11 is 0. The van der Waals surface area contributed by atoms with Gasteiger partial charge in [-0.25, -0.2) is 9.37 Å². The molecule has 1 heterocycles. The van der Waals surface area contributed by atoms with E-state index in [0.717, 1.165) is 33.9 Å². The van der Waals surface area contributed by atoms with Gasteiger partial charge in [0, 0.05) is 22.7 Å². The topological polar surface area (TPSA) is 17.8 Å². The van der Waals surface area contributed by atoms with Gasteiger partial charge in [-0.05, 0) is 75.4 Å². The molecule has 0 aliphatic rings. The van der Waals surface area contributed by atoms with E-state index >= 15 is 0 Å². The highest BCUT2D eigenvalue weighted by atomic mass is 19.1. The molecule has 202 valence electrons. The maximum Gasteiger partial charge on any atom is 0.145 e. The van der Waals surface area contributed by atoms with Gasteiger partial charge in [-0.3, -0.25) is 4.57 Å². The number of nitrogens with zero attached hydrogens (tertiary/aromatic N) is 2. The van der Waals surface area contributed by atoms with E-state index < -0.39 is 11.6 Å². The average molecular weight is 513 g/mol. The molecule has 1 atom stereocenters. The Hall–Kier alpha value is -3.20. The lowest BCUT2D eigenvalue weighted by Crippen LogP contribution is -2.28. The normalized spacial score (nSPS) is 12.2. The van der Waals surface area contributed by atoms with Gasteiger partial charge in [0.15, 0.2) is 0 Å². The molecule has 4 rings (SSSR count). The Bertz CT molecular complexity index is 1370. The molecule has 3 heteroatoms. The zero-order chi connectivity index (χ0) is 28.2. The lowest BCUT2D eigenvalue weighted by atomic mass is 9.78. The SMILES string of the molecule is CCCC.Cc1cc(C)c(-n2cc(-c3ccc(C)c(C)c3)nc2-c2ccccc2C(C)(C)[C@@H](C)F)c(C)c1. The monoisotopic (exact) mass is 512 g/mol. The van der Waals surface area contributed by atoms with Crippen LogP contribution < -0.4 is 0 Å². The number of unbranched alkanes of at least 4 members (excludes halogenated alkanes) is 1. The lowest BCUT2D eigenvalue weighted by Gasteiger charge is -2.29. The second kappa shape index (κ2) is 12.1. The van der Waals surface area contributed by atoms with Crippen LogP contribution in [0, 0.1) is 34.6 Å². The number of hydrogen-bond acceptors (Lipinski definition) is 1. The van der Waals surface area contributed by atoms with E-state index in [1.165, 1.54) is 40.7 Å². The summed E-state index contributed by atoms with van der Waals surface area (Å²) in [6.07, 6.45) is 3.77. The molecule has 38 heavy (non-hydrogen) atoms. The predicted molar refractivity (Wildman–Crippen MR) is 162 cm³/mol. The number of alkyl halides is 1. The molecule has 0 amide bonds. The van der Waals surface area contributed by atoms with E-state index in [1.807, 2.05) is 32.0 Å². The molecule has 2 nitrogen and oxygen atoms in total. The van der Waals surface area contributed by atoms with Gasteiger partial charge in [0.2, 0.25) is 0 Å². The second-order valence-corrected chi connectivity index (χ2v) is 11.2. The molecule has 0 saturated carbocycles. The van der Waals surface area contributed by atoms with Gasteiger partial charge in [-0.2, -0.15) is 0 Å². The first-order chi connectivity index (χ1) is 17.9. The largest absolute Gasteiger partial charge is 0.299 e. The molecule has 4 aromatic rings. The molecule has 0 bridgehead atoms. The van der Waals surface area contributed by atoms with E-state index in [0.29, 0.717) is 0 Å². The van der Waals surface area contributed by atoms with Gasteiger partial charge in [-0.15, -0.1) is 0 Å². The molecule has 0 saturated heterocycles. The standard InChI is InChI=1S/C31H35FN2.C4H10/c1-19-15-22(4)29(23(5)16-19)34-18-28(25-14-13-20(2)21(3)17-25)33-30(34)26-11-9-10-12-27(26)31(7,8)24(6)32;1-3-4-2/h9-18,24H,1-8H3;3-4H2,1-2H3/t24-;/m1./s1. The van der Waals surface area contributed by atoms with Crippen molar-refractivity contribution in [1.82, 2.24) is 9.55 Å². The number of rotatable bonds is 6. The Morgan fingerprint density at radius 1 is 0.816 bits per heavy atom. The maximum absolute atomic E-state index is 14.8. The van der Waals surface area contributed by atoms with Crippen molar-refractivity contribution < 1.29 is 4.39 Å². The van der Waals surface area contributed by atoms with E-state index in [-0.39, 0.29) is 0 Å². The van der Waals surface area contributed by atoms with Crippen LogP contribution in [0.15, 0.2) is 60.8 Å². The van der Waals surface area contributed by atoms with E-state index in [1.54, 1.807) is 6.92 Å². The van der Waals surface area contributed by atoms with Crippen LogP contribution in [0.3, 0.4) is 0 Å². The van der Waals surface area contributed by atoms with Crippen LogP contribution in [0.25, 0.3) is 28.3 Å². The van der Waals surface area contributed by atoms with Crippen LogP contribution >= 0.6 is 0 Å². The fourth-order valence-electron chi connectivity index (χ4n) is 4.79. The van der Waals surface area contributed by atoms with Crippen molar-refractivity contribution >= 4 is 0 Å². The van der Waals surface area contributed by atoms with Crippen LogP contribution in [-0.4, -0.2) is 15.7 Å². The third-order valence-corrected chi connectivity index (χ3v) is 7.74. The maximum atomic E-state index is 14.8. The average Bonchev–Trinajstić information content (AvgIpc) is 3.30. The Morgan fingerprint density at radius 3 is 1.97 bits per heavy atom. The number of halogens is 1. The minimum Gasteiger partial charge on any atom is -0.299 e. The molecule has 1 aromatic heterocycles. The Balaban J connectivity index is 0.000000934. The molecular formula is C35H45FN2. The first-order valence-electron chi connectivity index (χ1n) is 13.9. The molecule has 0 fully saturated rings. The summed E-state index contributed by atoms with van der Waals surface area (Å²) in [5.74, 6) is 0.840.